The van der Waals surface area contributed by atoms with Gasteiger partial charge in [-0.1, -0.05) is 52.0 Å². The maximum absolute atomic E-state index is 5.51. The smallest absolute Gasteiger partial charge is 0.123 e. The minimum Gasteiger partial charge on any atom is -0.384 e. The molecule has 15 heavy (non-hydrogen) atoms. The Balaban J connectivity index is 0.000000442. The number of nitrogens with zero attached hydrogens (tertiary/aromatic N) is 1. The fourth-order valence-corrected chi connectivity index (χ4v) is 1.10. The van der Waals surface area contributed by atoms with Gasteiger partial charge in [-0.3, -0.25) is 0 Å². The van der Waals surface area contributed by atoms with E-state index in [1.54, 1.807) is 6.20 Å². The lowest BCUT2D eigenvalue weighted by atomic mass is 10.2. The number of benzene rings is 1. The summed E-state index contributed by atoms with van der Waals surface area (Å²) in [5.74, 6) is 0.573. The third-order valence-electron chi connectivity index (χ3n) is 1.65. The number of hydrogen-bond acceptors (Lipinski definition) is 2. The molecule has 1 heterocycles. The van der Waals surface area contributed by atoms with E-state index >= 15 is 0 Å². The van der Waals surface area contributed by atoms with E-state index in [1.165, 1.54) is 0 Å². The molecular formula is C13H20N2. The second-order valence-electron chi connectivity index (χ2n) is 2.46. The Bertz CT molecular complexity index is 383. The molecule has 0 saturated carbocycles. The standard InChI is InChI=1S/C9H8N2.2C2H6/c10-9-5-7-3-1-2-4-8(7)6-11-9;2*1-2/h1-6H,(H2,10,11);2*1-2H3. The largest absolute Gasteiger partial charge is 0.384 e. The van der Waals surface area contributed by atoms with E-state index in [0.29, 0.717) is 5.82 Å². The Morgan fingerprint density at radius 2 is 1.47 bits per heavy atom. The summed E-state index contributed by atoms with van der Waals surface area (Å²) < 4.78 is 0. The van der Waals surface area contributed by atoms with Gasteiger partial charge in [-0.05, 0) is 11.5 Å². The first-order chi connectivity index (χ1) is 7.36. The number of nitrogen functional groups attached to an aromatic ring is 1. The summed E-state index contributed by atoms with van der Waals surface area (Å²) in [6.45, 7) is 8.00. The van der Waals surface area contributed by atoms with Gasteiger partial charge < -0.3 is 5.73 Å². The van der Waals surface area contributed by atoms with Gasteiger partial charge in [-0.2, -0.15) is 0 Å². The van der Waals surface area contributed by atoms with Crippen molar-refractivity contribution >= 4 is 16.6 Å². The maximum Gasteiger partial charge on any atom is 0.123 e. The molecule has 0 bridgehead atoms. The first kappa shape index (κ1) is 13.4. The van der Waals surface area contributed by atoms with Crippen LogP contribution < -0.4 is 5.73 Å². The second kappa shape index (κ2) is 7.80. The van der Waals surface area contributed by atoms with Crippen LogP contribution in [0.2, 0.25) is 0 Å². The lowest BCUT2D eigenvalue weighted by Gasteiger charge is -1.96. The van der Waals surface area contributed by atoms with Gasteiger partial charge in [0.1, 0.15) is 5.82 Å². The highest BCUT2D eigenvalue weighted by molar-refractivity contribution is 5.83. The van der Waals surface area contributed by atoms with Crippen LogP contribution in [0.3, 0.4) is 0 Å². The highest BCUT2D eigenvalue weighted by Crippen LogP contribution is 2.13. The highest BCUT2D eigenvalue weighted by atomic mass is 14.8. The van der Waals surface area contributed by atoms with Crippen LogP contribution in [0.1, 0.15) is 27.7 Å². The summed E-state index contributed by atoms with van der Waals surface area (Å²) in [5.41, 5.74) is 5.51. The van der Waals surface area contributed by atoms with Gasteiger partial charge in [-0.25, -0.2) is 4.98 Å². The molecule has 0 radical (unpaired) electrons. The molecule has 2 aromatic rings. The van der Waals surface area contributed by atoms with Gasteiger partial charge >= 0.3 is 0 Å². The zero-order valence-electron chi connectivity index (χ0n) is 9.99. The van der Waals surface area contributed by atoms with Gasteiger partial charge in [0.15, 0.2) is 0 Å². The Labute approximate surface area is 92.1 Å². The van der Waals surface area contributed by atoms with Crippen LogP contribution in [0.15, 0.2) is 36.5 Å². The van der Waals surface area contributed by atoms with Crippen molar-refractivity contribution in [2.75, 3.05) is 5.73 Å². The lowest BCUT2D eigenvalue weighted by molar-refractivity contribution is 1.37. The molecule has 2 heteroatoms. The van der Waals surface area contributed by atoms with Crippen LogP contribution in [0, 0.1) is 0 Å². The molecule has 0 aliphatic carbocycles. The van der Waals surface area contributed by atoms with E-state index in [-0.39, 0.29) is 0 Å². The van der Waals surface area contributed by atoms with Crippen LogP contribution in [-0.2, 0) is 0 Å². The van der Waals surface area contributed by atoms with Gasteiger partial charge in [0.25, 0.3) is 0 Å². The van der Waals surface area contributed by atoms with Crippen molar-refractivity contribution in [3.05, 3.63) is 36.5 Å². The molecule has 1 aromatic heterocycles. The quantitative estimate of drug-likeness (QED) is 0.707. The van der Waals surface area contributed by atoms with E-state index in [1.807, 2.05) is 58.0 Å². The molecule has 0 aliphatic heterocycles. The van der Waals surface area contributed by atoms with Crippen molar-refractivity contribution in [2.45, 2.75) is 27.7 Å². The van der Waals surface area contributed by atoms with E-state index < -0.39 is 0 Å². The summed E-state index contributed by atoms with van der Waals surface area (Å²) >= 11 is 0. The summed E-state index contributed by atoms with van der Waals surface area (Å²) in [6.07, 6.45) is 1.78. The molecule has 0 fully saturated rings. The normalized spacial score (nSPS) is 8.27. The summed E-state index contributed by atoms with van der Waals surface area (Å²) in [6, 6.07) is 9.88. The van der Waals surface area contributed by atoms with E-state index in [2.05, 4.69) is 4.98 Å². The van der Waals surface area contributed by atoms with Crippen molar-refractivity contribution in [1.29, 1.82) is 0 Å². The number of anilines is 1. The van der Waals surface area contributed by atoms with Gasteiger partial charge in [0, 0.05) is 11.6 Å². The zero-order valence-corrected chi connectivity index (χ0v) is 9.99. The Hall–Kier alpha value is -1.57. The molecule has 2 N–H and O–H groups in total. The fourth-order valence-electron chi connectivity index (χ4n) is 1.10. The lowest BCUT2D eigenvalue weighted by Crippen LogP contribution is -1.87. The van der Waals surface area contributed by atoms with Crippen molar-refractivity contribution in [3.8, 4) is 0 Å². The Morgan fingerprint density at radius 3 is 2.07 bits per heavy atom. The minimum atomic E-state index is 0.573. The summed E-state index contributed by atoms with van der Waals surface area (Å²) in [5, 5.41) is 2.27. The van der Waals surface area contributed by atoms with Gasteiger partial charge in [-0.15, -0.1) is 0 Å². The van der Waals surface area contributed by atoms with E-state index in [4.69, 9.17) is 5.73 Å². The van der Waals surface area contributed by atoms with Crippen LogP contribution in [0.25, 0.3) is 10.8 Å². The van der Waals surface area contributed by atoms with Crippen molar-refractivity contribution in [2.24, 2.45) is 0 Å². The molecule has 0 saturated heterocycles. The van der Waals surface area contributed by atoms with E-state index in [0.717, 1.165) is 10.8 Å². The zero-order chi connectivity index (χ0) is 11.7. The molecule has 1 aromatic carbocycles. The minimum absolute atomic E-state index is 0.573. The van der Waals surface area contributed by atoms with Crippen molar-refractivity contribution < 1.29 is 0 Å². The monoisotopic (exact) mass is 204 g/mol. The average Bonchev–Trinajstić information content (AvgIpc) is 2.34. The van der Waals surface area contributed by atoms with Crippen LogP contribution in [0.5, 0.6) is 0 Å². The highest BCUT2D eigenvalue weighted by Gasteiger charge is 1.91. The average molecular weight is 204 g/mol. The topological polar surface area (TPSA) is 38.9 Å². The number of pyridine rings is 1. The van der Waals surface area contributed by atoms with E-state index in [9.17, 15) is 0 Å². The predicted molar refractivity (Wildman–Crippen MR) is 68.9 cm³/mol. The molecule has 2 nitrogen and oxygen atoms in total. The maximum atomic E-state index is 5.51. The van der Waals surface area contributed by atoms with Gasteiger partial charge in [0.05, 0.1) is 0 Å². The molecule has 0 amide bonds. The van der Waals surface area contributed by atoms with Gasteiger partial charge in [0.2, 0.25) is 0 Å². The summed E-state index contributed by atoms with van der Waals surface area (Å²) in [7, 11) is 0. The number of fused-ring (bicyclic) bond motifs is 1. The first-order valence-corrected chi connectivity index (χ1v) is 5.46. The molecule has 0 unspecified atom stereocenters. The number of nitrogens with two attached hydrogens (primary N) is 1. The molecule has 0 atom stereocenters. The second-order valence-corrected chi connectivity index (χ2v) is 2.46. The predicted octanol–water partition coefficient (Wildman–Crippen LogP) is 3.87. The van der Waals surface area contributed by atoms with Crippen LogP contribution >= 0.6 is 0 Å². The molecule has 0 aliphatic rings. The number of aromatic nitrogens is 1. The SMILES string of the molecule is CC.CC.Nc1cc2ccccc2cn1. The summed E-state index contributed by atoms with van der Waals surface area (Å²) in [4.78, 5) is 3.99. The van der Waals surface area contributed by atoms with Crippen molar-refractivity contribution in [3.63, 3.8) is 0 Å². The third-order valence-corrected chi connectivity index (χ3v) is 1.65. The van der Waals surface area contributed by atoms with Crippen molar-refractivity contribution in [1.82, 2.24) is 4.98 Å². The number of rotatable bonds is 0. The molecule has 82 valence electrons. The fraction of sp³-hybridized carbons (Fsp3) is 0.308. The Morgan fingerprint density at radius 1 is 0.933 bits per heavy atom. The van der Waals surface area contributed by atoms with Crippen LogP contribution in [-0.4, -0.2) is 4.98 Å². The molecule has 0 spiro atoms. The number of hydrogen-bond donors (Lipinski definition) is 1. The third kappa shape index (κ3) is 3.98. The van der Waals surface area contributed by atoms with Crippen LogP contribution in [0.4, 0.5) is 5.82 Å². The molecular weight excluding hydrogens is 184 g/mol. The Kier molecular flexibility index (Phi) is 6.98. The molecule has 2 rings (SSSR count). The first-order valence-electron chi connectivity index (χ1n) is 5.46.